The third kappa shape index (κ3) is 2.99. The highest BCUT2D eigenvalue weighted by Gasteiger charge is 2.44. The standard InChI is InChI=1S/C17H19N5O6/c23-5-11-13(26)14(27)17(28-11)22-7-21-12-15(19-6-20-16(12)22)18-4-8-9(24)2-1-3-10(8)25/h1-3,6-7,11,13-14,17,23-27H,4-5H2,(H,18,19,20)/t11-,13-,14-,17-/m1/s1. The predicted octanol–water partition coefficient (Wildman–Crippen LogP) is -0.539. The van der Waals surface area contributed by atoms with Crippen molar-refractivity contribution in [2.75, 3.05) is 11.9 Å². The molecule has 4 rings (SSSR count). The zero-order valence-electron chi connectivity index (χ0n) is 14.5. The van der Waals surface area contributed by atoms with Crippen molar-refractivity contribution in [2.45, 2.75) is 31.1 Å². The molecule has 2 aromatic heterocycles. The fraction of sp³-hybridized carbons (Fsp3) is 0.353. The number of hydrogen-bond donors (Lipinski definition) is 6. The molecule has 1 aliphatic heterocycles. The van der Waals surface area contributed by atoms with Crippen LogP contribution in [0.2, 0.25) is 0 Å². The first-order valence-electron chi connectivity index (χ1n) is 8.55. The maximum atomic E-state index is 10.2. The molecule has 11 nitrogen and oxygen atoms in total. The Morgan fingerprint density at radius 2 is 1.82 bits per heavy atom. The average molecular weight is 389 g/mol. The Morgan fingerprint density at radius 3 is 2.50 bits per heavy atom. The average Bonchev–Trinajstić information content (AvgIpc) is 3.23. The first-order chi connectivity index (χ1) is 13.5. The van der Waals surface area contributed by atoms with Crippen molar-refractivity contribution >= 4 is 17.0 Å². The number of aromatic hydroxyl groups is 2. The van der Waals surface area contributed by atoms with Gasteiger partial charge >= 0.3 is 0 Å². The number of aliphatic hydroxyl groups excluding tert-OH is 3. The van der Waals surface area contributed by atoms with Crippen LogP contribution in [-0.2, 0) is 11.3 Å². The Labute approximate surface area is 158 Å². The molecule has 0 bridgehead atoms. The van der Waals surface area contributed by atoms with Gasteiger partial charge in [0.25, 0.3) is 0 Å². The third-order valence-electron chi connectivity index (χ3n) is 4.71. The Kier molecular flexibility index (Phi) is 4.73. The largest absolute Gasteiger partial charge is 0.507 e. The molecule has 0 amide bonds. The topological polar surface area (TPSA) is 166 Å². The van der Waals surface area contributed by atoms with Crippen LogP contribution in [0.3, 0.4) is 0 Å². The molecule has 11 heteroatoms. The smallest absolute Gasteiger partial charge is 0.167 e. The molecule has 1 saturated heterocycles. The molecular weight excluding hydrogens is 370 g/mol. The minimum Gasteiger partial charge on any atom is -0.507 e. The number of anilines is 1. The van der Waals surface area contributed by atoms with Crippen LogP contribution in [-0.4, -0.2) is 70.0 Å². The van der Waals surface area contributed by atoms with Crippen LogP contribution in [0.5, 0.6) is 11.5 Å². The number of phenolic OH excluding ortho intramolecular Hbond substituents is 2. The van der Waals surface area contributed by atoms with Gasteiger partial charge in [-0.2, -0.15) is 0 Å². The van der Waals surface area contributed by atoms with E-state index < -0.39 is 31.1 Å². The van der Waals surface area contributed by atoms with E-state index in [0.717, 1.165) is 0 Å². The molecule has 28 heavy (non-hydrogen) atoms. The number of imidazole rings is 1. The molecule has 1 aromatic carbocycles. The number of phenols is 2. The van der Waals surface area contributed by atoms with Crippen LogP contribution in [0, 0.1) is 0 Å². The molecule has 6 N–H and O–H groups in total. The summed E-state index contributed by atoms with van der Waals surface area (Å²) < 4.78 is 6.96. The van der Waals surface area contributed by atoms with Gasteiger partial charge in [0, 0.05) is 6.54 Å². The van der Waals surface area contributed by atoms with Gasteiger partial charge in [0.15, 0.2) is 23.2 Å². The van der Waals surface area contributed by atoms with Gasteiger partial charge < -0.3 is 35.6 Å². The van der Waals surface area contributed by atoms with E-state index in [0.29, 0.717) is 22.5 Å². The molecule has 4 atom stereocenters. The number of rotatable bonds is 5. The number of nitrogens with one attached hydrogen (secondary N) is 1. The highest BCUT2D eigenvalue weighted by atomic mass is 16.6. The van der Waals surface area contributed by atoms with Gasteiger partial charge in [-0.25, -0.2) is 15.0 Å². The molecule has 0 aliphatic carbocycles. The van der Waals surface area contributed by atoms with Gasteiger partial charge in [0.2, 0.25) is 0 Å². The lowest BCUT2D eigenvalue weighted by atomic mass is 10.1. The summed E-state index contributed by atoms with van der Waals surface area (Å²) in [5.41, 5.74) is 1.01. The maximum absolute atomic E-state index is 10.2. The van der Waals surface area contributed by atoms with Crippen molar-refractivity contribution in [1.29, 1.82) is 0 Å². The lowest BCUT2D eigenvalue weighted by Crippen LogP contribution is -2.33. The molecule has 3 aromatic rings. The minimum absolute atomic E-state index is 0.0603. The number of aromatic nitrogens is 4. The van der Waals surface area contributed by atoms with E-state index in [-0.39, 0.29) is 18.0 Å². The molecule has 148 valence electrons. The monoisotopic (exact) mass is 389 g/mol. The van der Waals surface area contributed by atoms with E-state index >= 15 is 0 Å². The first kappa shape index (κ1) is 18.4. The molecule has 0 spiro atoms. The van der Waals surface area contributed by atoms with Crippen LogP contribution in [0.4, 0.5) is 5.82 Å². The molecule has 0 unspecified atom stereocenters. The van der Waals surface area contributed by atoms with E-state index in [9.17, 15) is 25.5 Å². The second-order valence-corrected chi connectivity index (χ2v) is 6.40. The maximum Gasteiger partial charge on any atom is 0.167 e. The second kappa shape index (κ2) is 7.20. The van der Waals surface area contributed by atoms with E-state index in [1.165, 1.54) is 35.4 Å². The number of aliphatic hydroxyl groups is 3. The predicted molar refractivity (Wildman–Crippen MR) is 95.4 cm³/mol. The molecule has 1 aliphatic rings. The van der Waals surface area contributed by atoms with Crippen molar-refractivity contribution in [3.63, 3.8) is 0 Å². The fourth-order valence-electron chi connectivity index (χ4n) is 3.19. The number of fused-ring (bicyclic) bond motifs is 1. The normalized spacial score (nSPS) is 24.7. The first-order valence-corrected chi connectivity index (χ1v) is 8.55. The zero-order chi connectivity index (χ0) is 19.8. The van der Waals surface area contributed by atoms with Crippen LogP contribution in [0.25, 0.3) is 11.2 Å². The Bertz CT molecular complexity index is 975. The lowest BCUT2D eigenvalue weighted by molar-refractivity contribution is -0.0511. The number of benzene rings is 1. The van der Waals surface area contributed by atoms with Crippen molar-refractivity contribution in [3.8, 4) is 11.5 Å². The summed E-state index contributed by atoms with van der Waals surface area (Å²) in [6.45, 7) is -0.349. The van der Waals surface area contributed by atoms with Gasteiger partial charge in [-0.05, 0) is 12.1 Å². The SMILES string of the molecule is OC[C@H]1O[C@@H](n2cnc3c(NCc4c(O)cccc4O)ncnc32)[C@H](O)[C@@H]1O. The van der Waals surface area contributed by atoms with E-state index in [2.05, 4.69) is 20.3 Å². The Balaban J connectivity index is 1.62. The number of nitrogens with zero attached hydrogens (tertiary/aromatic N) is 4. The third-order valence-corrected chi connectivity index (χ3v) is 4.71. The van der Waals surface area contributed by atoms with Crippen LogP contribution >= 0.6 is 0 Å². The molecule has 1 fully saturated rings. The van der Waals surface area contributed by atoms with Crippen LogP contribution < -0.4 is 5.32 Å². The summed E-state index contributed by atoms with van der Waals surface area (Å²) in [5.74, 6) is 0.225. The molecule has 0 saturated carbocycles. The van der Waals surface area contributed by atoms with Crippen molar-refractivity contribution < 1.29 is 30.3 Å². The molecule has 0 radical (unpaired) electrons. The van der Waals surface area contributed by atoms with Crippen LogP contribution in [0.1, 0.15) is 11.8 Å². The second-order valence-electron chi connectivity index (χ2n) is 6.40. The Hall–Kier alpha value is -2.99. The van der Waals surface area contributed by atoms with E-state index in [1.807, 2.05) is 0 Å². The quantitative estimate of drug-likeness (QED) is 0.334. The van der Waals surface area contributed by atoms with Crippen molar-refractivity contribution in [2.24, 2.45) is 0 Å². The summed E-state index contributed by atoms with van der Waals surface area (Å²) in [7, 11) is 0. The van der Waals surface area contributed by atoms with E-state index in [4.69, 9.17) is 4.74 Å². The molecule has 3 heterocycles. The summed E-state index contributed by atoms with van der Waals surface area (Å²) in [5, 5.41) is 52.2. The van der Waals surface area contributed by atoms with Gasteiger partial charge in [0.05, 0.1) is 18.5 Å². The van der Waals surface area contributed by atoms with E-state index in [1.54, 1.807) is 0 Å². The fourth-order valence-corrected chi connectivity index (χ4v) is 3.19. The number of hydrogen-bond acceptors (Lipinski definition) is 10. The van der Waals surface area contributed by atoms with Gasteiger partial charge in [-0.3, -0.25) is 4.57 Å². The highest BCUT2D eigenvalue weighted by Crippen LogP contribution is 2.32. The summed E-state index contributed by atoms with van der Waals surface area (Å²) in [6, 6.07) is 4.45. The van der Waals surface area contributed by atoms with Gasteiger partial charge in [-0.15, -0.1) is 0 Å². The zero-order valence-corrected chi connectivity index (χ0v) is 14.5. The molecular formula is C17H19N5O6. The summed E-state index contributed by atoms with van der Waals surface area (Å²) in [6.07, 6.45) is -1.71. The number of ether oxygens (including phenoxy) is 1. The summed E-state index contributed by atoms with van der Waals surface area (Å²) in [4.78, 5) is 12.5. The van der Waals surface area contributed by atoms with Crippen LogP contribution in [0.15, 0.2) is 30.9 Å². The van der Waals surface area contributed by atoms with Crippen molar-refractivity contribution in [1.82, 2.24) is 19.5 Å². The minimum atomic E-state index is -1.26. The Morgan fingerprint density at radius 1 is 1.07 bits per heavy atom. The summed E-state index contributed by atoms with van der Waals surface area (Å²) >= 11 is 0. The van der Waals surface area contributed by atoms with Crippen molar-refractivity contribution in [3.05, 3.63) is 36.4 Å². The highest BCUT2D eigenvalue weighted by molar-refractivity contribution is 5.82. The van der Waals surface area contributed by atoms with Gasteiger partial charge in [0.1, 0.15) is 36.1 Å². The van der Waals surface area contributed by atoms with Gasteiger partial charge in [-0.1, -0.05) is 6.07 Å². The lowest BCUT2D eigenvalue weighted by Gasteiger charge is -2.16.